The minimum atomic E-state index is -0.565. The van der Waals surface area contributed by atoms with E-state index in [-0.39, 0.29) is 16.9 Å². The number of anilines is 1. The topological polar surface area (TPSA) is 54.9 Å². The van der Waals surface area contributed by atoms with E-state index in [0.717, 1.165) is 0 Å². The lowest BCUT2D eigenvalue weighted by Crippen LogP contribution is -2.27. The number of nitrogens with zero attached hydrogens (tertiary/aromatic N) is 2. The Morgan fingerprint density at radius 3 is 2.45 bits per heavy atom. The summed E-state index contributed by atoms with van der Waals surface area (Å²) in [5, 5.41) is 3.22. The van der Waals surface area contributed by atoms with Crippen molar-refractivity contribution in [2.45, 2.75) is 40.2 Å². The van der Waals surface area contributed by atoms with Gasteiger partial charge in [-0.1, -0.05) is 0 Å². The summed E-state index contributed by atoms with van der Waals surface area (Å²) in [7, 11) is 0. The number of hydrogen-bond acceptors (Lipinski definition) is 4. The molecule has 0 spiro atoms. The summed E-state index contributed by atoms with van der Waals surface area (Å²) in [5.41, 5.74) is 1.33. The van der Waals surface area contributed by atoms with E-state index in [0.29, 0.717) is 22.5 Å². The molecule has 0 amide bonds. The molecule has 106 valence electrons. The highest BCUT2D eigenvalue weighted by Crippen LogP contribution is 2.24. The van der Waals surface area contributed by atoms with Crippen LogP contribution in [0.5, 0.6) is 0 Å². The molecule has 0 aliphatic heterocycles. The van der Waals surface area contributed by atoms with E-state index in [4.69, 9.17) is 0 Å². The van der Waals surface area contributed by atoms with Gasteiger partial charge in [0.25, 0.3) is 0 Å². The third-order valence-corrected chi connectivity index (χ3v) is 2.81. The average molecular weight is 275 g/mol. The maximum Gasteiger partial charge on any atom is 0.165 e. The quantitative estimate of drug-likeness (QED) is 0.852. The predicted molar refractivity (Wildman–Crippen MR) is 77.6 cm³/mol. The smallest absolute Gasteiger partial charge is 0.165 e. The van der Waals surface area contributed by atoms with Crippen LogP contribution in [0.4, 0.5) is 10.2 Å². The Bertz CT molecular complexity index is 690. The maximum absolute atomic E-state index is 13.8. The van der Waals surface area contributed by atoms with Crippen LogP contribution in [-0.4, -0.2) is 21.3 Å². The van der Waals surface area contributed by atoms with Gasteiger partial charge in [-0.15, -0.1) is 0 Å². The number of carbonyl (C=O) groups excluding carboxylic acids is 1. The van der Waals surface area contributed by atoms with Crippen molar-refractivity contribution in [1.29, 1.82) is 0 Å². The first kappa shape index (κ1) is 14.4. The molecular weight excluding hydrogens is 257 g/mol. The van der Waals surface area contributed by atoms with Crippen molar-refractivity contribution in [3.8, 4) is 0 Å². The monoisotopic (exact) mass is 275 g/mol. The van der Waals surface area contributed by atoms with Crippen molar-refractivity contribution in [3.05, 3.63) is 29.2 Å². The van der Waals surface area contributed by atoms with Gasteiger partial charge in [0.15, 0.2) is 5.78 Å². The van der Waals surface area contributed by atoms with Gasteiger partial charge in [0.05, 0.1) is 16.8 Å². The van der Waals surface area contributed by atoms with Crippen molar-refractivity contribution >= 4 is 22.6 Å². The number of rotatable bonds is 2. The Labute approximate surface area is 117 Å². The van der Waals surface area contributed by atoms with E-state index in [9.17, 15) is 9.18 Å². The van der Waals surface area contributed by atoms with Gasteiger partial charge in [0.1, 0.15) is 17.2 Å². The van der Waals surface area contributed by atoms with Crippen LogP contribution in [0, 0.1) is 12.7 Å². The molecule has 4 nitrogen and oxygen atoms in total. The summed E-state index contributed by atoms with van der Waals surface area (Å²) >= 11 is 0. The Morgan fingerprint density at radius 2 is 1.90 bits per heavy atom. The van der Waals surface area contributed by atoms with Crippen molar-refractivity contribution < 1.29 is 9.18 Å². The molecule has 0 bridgehead atoms. The second-order valence-corrected chi connectivity index (χ2v) is 5.88. The number of carbonyl (C=O) groups is 1. The largest absolute Gasteiger partial charge is 0.364 e. The van der Waals surface area contributed by atoms with E-state index in [1.807, 2.05) is 27.7 Å². The Morgan fingerprint density at radius 1 is 1.25 bits per heavy atom. The molecule has 0 saturated carbocycles. The highest BCUT2D eigenvalue weighted by atomic mass is 19.1. The zero-order chi connectivity index (χ0) is 15.1. The van der Waals surface area contributed by atoms with Gasteiger partial charge >= 0.3 is 0 Å². The highest BCUT2D eigenvalue weighted by molar-refractivity contribution is 6.05. The van der Waals surface area contributed by atoms with E-state index in [2.05, 4.69) is 15.3 Å². The molecule has 0 atom stereocenters. The molecule has 5 heteroatoms. The zero-order valence-electron chi connectivity index (χ0n) is 12.3. The summed E-state index contributed by atoms with van der Waals surface area (Å²) in [5.74, 6) is -0.351. The molecule has 0 saturated heterocycles. The minimum Gasteiger partial charge on any atom is -0.364 e. The lowest BCUT2D eigenvalue weighted by Gasteiger charge is -2.22. The number of ketones is 1. The SMILES string of the molecule is CC(=O)c1c(F)ccc2nc(C)c(NC(C)(C)C)nc12. The summed E-state index contributed by atoms with van der Waals surface area (Å²) in [6, 6.07) is 2.79. The molecule has 1 N–H and O–H groups in total. The number of Topliss-reactive ketones (excluding diaryl/α,β-unsaturated/α-hetero) is 1. The van der Waals surface area contributed by atoms with E-state index >= 15 is 0 Å². The first-order valence-electron chi connectivity index (χ1n) is 6.45. The molecule has 0 radical (unpaired) electrons. The second-order valence-electron chi connectivity index (χ2n) is 5.88. The van der Waals surface area contributed by atoms with Crippen LogP contribution >= 0.6 is 0 Å². The van der Waals surface area contributed by atoms with E-state index in [1.165, 1.54) is 19.1 Å². The normalized spacial score (nSPS) is 11.7. The molecule has 0 unspecified atom stereocenters. The van der Waals surface area contributed by atoms with Crippen LogP contribution < -0.4 is 5.32 Å². The fraction of sp³-hybridized carbons (Fsp3) is 0.400. The Kier molecular flexibility index (Phi) is 3.46. The van der Waals surface area contributed by atoms with E-state index < -0.39 is 5.82 Å². The maximum atomic E-state index is 13.8. The first-order valence-corrected chi connectivity index (χ1v) is 6.45. The summed E-state index contributed by atoms with van der Waals surface area (Å²) in [6.45, 7) is 9.15. The molecule has 20 heavy (non-hydrogen) atoms. The van der Waals surface area contributed by atoms with Crippen LogP contribution in [0.1, 0.15) is 43.7 Å². The van der Waals surface area contributed by atoms with Gasteiger partial charge in [-0.25, -0.2) is 14.4 Å². The van der Waals surface area contributed by atoms with Crippen molar-refractivity contribution in [2.75, 3.05) is 5.32 Å². The zero-order valence-corrected chi connectivity index (χ0v) is 12.3. The fourth-order valence-electron chi connectivity index (χ4n) is 1.99. The molecule has 1 aromatic carbocycles. The van der Waals surface area contributed by atoms with Crippen LogP contribution in [0.2, 0.25) is 0 Å². The third-order valence-electron chi connectivity index (χ3n) is 2.81. The molecule has 0 fully saturated rings. The minimum absolute atomic E-state index is 0.00745. The molecule has 0 aliphatic rings. The Hall–Kier alpha value is -2.04. The summed E-state index contributed by atoms with van der Waals surface area (Å²) in [6.07, 6.45) is 0. The lowest BCUT2D eigenvalue weighted by molar-refractivity contribution is 0.101. The number of aryl methyl sites for hydroxylation is 1. The Balaban J connectivity index is 2.72. The molecule has 0 aliphatic carbocycles. The molecule has 2 aromatic rings. The first-order chi connectivity index (χ1) is 9.19. The van der Waals surface area contributed by atoms with Crippen LogP contribution in [0.25, 0.3) is 11.0 Å². The molecule has 1 heterocycles. The number of benzene rings is 1. The van der Waals surface area contributed by atoms with Gasteiger partial charge in [-0.05, 0) is 46.8 Å². The second kappa shape index (κ2) is 4.81. The summed E-state index contributed by atoms with van der Waals surface area (Å²) in [4.78, 5) is 20.4. The molecule has 2 rings (SSSR count). The number of nitrogens with one attached hydrogen (secondary N) is 1. The fourth-order valence-corrected chi connectivity index (χ4v) is 1.99. The predicted octanol–water partition coefficient (Wildman–Crippen LogP) is 3.49. The van der Waals surface area contributed by atoms with Crippen molar-refractivity contribution in [1.82, 2.24) is 9.97 Å². The molecule has 1 aromatic heterocycles. The molecular formula is C15H18FN3O. The van der Waals surface area contributed by atoms with Crippen LogP contribution in [0.3, 0.4) is 0 Å². The summed E-state index contributed by atoms with van der Waals surface area (Å²) < 4.78 is 13.8. The standard InChI is InChI=1S/C15H18FN3O/c1-8-14(19-15(3,4)5)18-13-11(17-8)7-6-10(16)12(13)9(2)20/h6-7H,1-5H3,(H,18,19). The number of hydrogen-bond donors (Lipinski definition) is 1. The van der Waals surface area contributed by atoms with Gasteiger partial charge in [0.2, 0.25) is 0 Å². The lowest BCUT2D eigenvalue weighted by atomic mass is 10.1. The number of halogens is 1. The van der Waals surface area contributed by atoms with Crippen LogP contribution in [-0.2, 0) is 0 Å². The van der Waals surface area contributed by atoms with Crippen molar-refractivity contribution in [2.24, 2.45) is 0 Å². The number of fused-ring (bicyclic) bond motifs is 1. The van der Waals surface area contributed by atoms with Gasteiger partial charge < -0.3 is 5.32 Å². The van der Waals surface area contributed by atoms with Gasteiger partial charge in [0, 0.05) is 5.54 Å². The highest BCUT2D eigenvalue weighted by Gasteiger charge is 2.18. The van der Waals surface area contributed by atoms with Gasteiger partial charge in [-0.2, -0.15) is 0 Å². The van der Waals surface area contributed by atoms with E-state index in [1.54, 1.807) is 0 Å². The van der Waals surface area contributed by atoms with Gasteiger partial charge in [-0.3, -0.25) is 4.79 Å². The average Bonchev–Trinajstić information content (AvgIpc) is 2.28. The van der Waals surface area contributed by atoms with Crippen molar-refractivity contribution in [3.63, 3.8) is 0 Å². The third kappa shape index (κ3) is 2.76. The number of aromatic nitrogens is 2. The van der Waals surface area contributed by atoms with Crippen LogP contribution in [0.15, 0.2) is 12.1 Å².